The standard InChI is InChI=1S/C22H27N3O3/c1-18(23-21(26)12-17-28-20-10-6-3-7-11-20)22(27)25-15-13-24(14-16-25)19-8-4-2-5-9-19/h2-11,18H,12-17H2,1H3,(H,23,26)/t18-/m1/s1. The molecule has 6 nitrogen and oxygen atoms in total. The summed E-state index contributed by atoms with van der Waals surface area (Å²) in [6, 6.07) is 19.0. The first kappa shape index (κ1) is 19.7. The van der Waals surface area contributed by atoms with Crippen LogP contribution < -0.4 is 15.0 Å². The predicted molar refractivity (Wildman–Crippen MR) is 109 cm³/mol. The molecule has 3 rings (SSSR count). The van der Waals surface area contributed by atoms with Gasteiger partial charge in [0.15, 0.2) is 0 Å². The lowest BCUT2D eigenvalue weighted by molar-refractivity contribution is -0.136. The monoisotopic (exact) mass is 381 g/mol. The molecule has 1 heterocycles. The molecule has 1 aliphatic rings. The predicted octanol–water partition coefficient (Wildman–Crippen LogP) is 2.31. The van der Waals surface area contributed by atoms with E-state index in [0.29, 0.717) is 13.1 Å². The number of anilines is 1. The van der Waals surface area contributed by atoms with E-state index in [2.05, 4.69) is 22.3 Å². The molecule has 1 saturated heterocycles. The summed E-state index contributed by atoms with van der Waals surface area (Å²) >= 11 is 0. The van der Waals surface area contributed by atoms with Gasteiger partial charge in [-0.2, -0.15) is 0 Å². The number of para-hydroxylation sites is 2. The molecule has 28 heavy (non-hydrogen) atoms. The fourth-order valence-corrected chi connectivity index (χ4v) is 3.25. The van der Waals surface area contributed by atoms with E-state index >= 15 is 0 Å². The minimum absolute atomic E-state index is 0.0370. The Labute approximate surface area is 166 Å². The highest BCUT2D eigenvalue weighted by Crippen LogP contribution is 2.16. The second-order valence-electron chi connectivity index (χ2n) is 6.85. The zero-order valence-electron chi connectivity index (χ0n) is 16.2. The maximum atomic E-state index is 12.6. The maximum Gasteiger partial charge on any atom is 0.244 e. The van der Waals surface area contributed by atoms with Crippen LogP contribution in [0.3, 0.4) is 0 Å². The van der Waals surface area contributed by atoms with Crippen LogP contribution >= 0.6 is 0 Å². The molecule has 148 valence electrons. The number of rotatable bonds is 7. The number of hydrogen-bond acceptors (Lipinski definition) is 4. The number of piperazine rings is 1. The van der Waals surface area contributed by atoms with Gasteiger partial charge < -0.3 is 19.9 Å². The summed E-state index contributed by atoms with van der Waals surface area (Å²) in [6.45, 7) is 4.92. The Bertz CT molecular complexity index is 759. The van der Waals surface area contributed by atoms with Gasteiger partial charge in [0.05, 0.1) is 13.0 Å². The summed E-state index contributed by atoms with van der Waals surface area (Å²) in [5, 5.41) is 2.78. The van der Waals surface area contributed by atoms with Gasteiger partial charge in [0.2, 0.25) is 11.8 Å². The average molecular weight is 381 g/mol. The van der Waals surface area contributed by atoms with Crippen LogP contribution in [0.5, 0.6) is 5.75 Å². The van der Waals surface area contributed by atoms with Crippen LogP contribution in [0.25, 0.3) is 0 Å². The van der Waals surface area contributed by atoms with Gasteiger partial charge in [0, 0.05) is 31.9 Å². The first-order valence-electron chi connectivity index (χ1n) is 9.69. The Morgan fingerprint density at radius 1 is 0.964 bits per heavy atom. The number of carbonyl (C=O) groups excluding carboxylic acids is 2. The smallest absolute Gasteiger partial charge is 0.244 e. The van der Waals surface area contributed by atoms with Crippen molar-refractivity contribution in [3.05, 3.63) is 60.7 Å². The highest BCUT2D eigenvalue weighted by molar-refractivity contribution is 5.87. The summed E-state index contributed by atoms with van der Waals surface area (Å²) in [7, 11) is 0. The molecule has 1 fully saturated rings. The molecular formula is C22H27N3O3. The lowest BCUT2D eigenvalue weighted by Crippen LogP contribution is -2.54. The summed E-state index contributed by atoms with van der Waals surface area (Å²) in [5.41, 5.74) is 1.18. The van der Waals surface area contributed by atoms with Crippen LogP contribution in [0.4, 0.5) is 5.69 Å². The highest BCUT2D eigenvalue weighted by Gasteiger charge is 2.25. The van der Waals surface area contributed by atoms with E-state index in [0.717, 1.165) is 18.8 Å². The summed E-state index contributed by atoms with van der Waals surface area (Å²) < 4.78 is 5.53. The van der Waals surface area contributed by atoms with Crippen molar-refractivity contribution >= 4 is 17.5 Å². The van der Waals surface area contributed by atoms with E-state index in [1.807, 2.05) is 53.4 Å². The van der Waals surface area contributed by atoms with Crippen molar-refractivity contribution in [3.63, 3.8) is 0 Å². The normalized spacial score (nSPS) is 15.0. The molecule has 0 spiro atoms. The van der Waals surface area contributed by atoms with Crippen molar-refractivity contribution in [2.24, 2.45) is 0 Å². The molecule has 0 saturated carbocycles. The van der Waals surface area contributed by atoms with Crippen molar-refractivity contribution in [3.8, 4) is 5.75 Å². The first-order valence-corrected chi connectivity index (χ1v) is 9.69. The summed E-state index contributed by atoms with van der Waals surface area (Å²) in [6.07, 6.45) is 0.217. The third-order valence-corrected chi connectivity index (χ3v) is 4.80. The molecule has 0 aliphatic carbocycles. The van der Waals surface area contributed by atoms with Crippen molar-refractivity contribution in [1.82, 2.24) is 10.2 Å². The van der Waals surface area contributed by atoms with E-state index in [1.54, 1.807) is 6.92 Å². The van der Waals surface area contributed by atoms with Gasteiger partial charge in [0.25, 0.3) is 0 Å². The molecule has 0 radical (unpaired) electrons. The SMILES string of the molecule is C[C@@H](NC(=O)CCOc1ccccc1)C(=O)N1CCN(c2ccccc2)CC1. The number of ether oxygens (including phenoxy) is 1. The third kappa shape index (κ3) is 5.49. The summed E-state index contributed by atoms with van der Waals surface area (Å²) in [5.74, 6) is 0.514. The molecule has 1 N–H and O–H groups in total. The Balaban J connectivity index is 1.39. The Morgan fingerprint density at radius 3 is 2.21 bits per heavy atom. The number of hydrogen-bond donors (Lipinski definition) is 1. The highest BCUT2D eigenvalue weighted by atomic mass is 16.5. The van der Waals surface area contributed by atoms with E-state index in [1.165, 1.54) is 5.69 Å². The number of amides is 2. The Hall–Kier alpha value is -3.02. The molecule has 1 atom stereocenters. The molecule has 2 aromatic rings. The van der Waals surface area contributed by atoms with E-state index < -0.39 is 6.04 Å². The number of nitrogens with zero attached hydrogens (tertiary/aromatic N) is 2. The first-order chi connectivity index (χ1) is 13.6. The number of benzene rings is 2. The van der Waals surface area contributed by atoms with Crippen LogP contribution in [0.2, 0.25) is 0 Å². The zero-order chi connectivity index (χ0) is 19.8. The van der Waals surface area contributed by atoms with E-state index in [-0.39, 0.29) is 24.8 Å². The minimum atomic E-state index is -0.535. The molecule has 0 aromatic heterocycles. The number of nitrogens with one attached hydrogen (secondary N) is 1. The van der Waals surface area contributed by atoms with Crippen LogP contribution in [0.1, 0.15) is 13.3 Å². The average Bonchev–Trinajstić information content (AvgIpc) is 2.74. The van der Waals surface area contributed by atoms with Crippen LogP contribution in [-0.4, -0.2) is 55.5 Å². The van der Waals surface area contributed by atoms with Crippen molar-refractivity contribution < 1.29 is 14.3 Å². The third-order valence-electron chi connectivity index (χ3n) is 4.80. The van der Waals surface area contributed by atoms with Crippen molar-refractivity contribution in [2.45, 2.75) is 19.4 Å². The molecule has 6 heteroatoms. The van der Waals surface area contributed by atoms with Gasteiger partial charge in [-0.05, 0) is 31.2 Å². The second-order valence-corrected chi connectivity index (χ2v) is 6.85. The van der Waals surface area contributed by atoms with E-state index in [9.17, 15) is 9.59 Å². The number of carbonyl (C=O) groups is 2. The van der Waals surface area contributed by atoms with Gasteiger partial charge in [-0.1, -0.05) is 36.4 Å². The minimum Gasteiger partial charge on any atom is -0.493 e. The molecule has 0 unspecified atom stereocenters. The van der Waals surface area contributed by atoms with Crippen LogP contribution in [-0.2, 0) is 9.59 Å². The van der Waals surface area contributed by atoms with Gasteiger partial charge in [-0.3, -0.25) is 9.59 Å². The maximum absolute atomic E-state index is 12.6. The molecule has 0 bridgehead atoms. The lowest BCUT2D eigenvalue weighted by Gasteiger charge is -2.37. The molecule has 2 amide bonds. The van der Waals surface area contributed by atoms with E-state index in [4.69, 9.17) is 4.74 Å². The second kappa shape index (κ2) is 9.78. The van der Waals surface area contributed by atoms with Crippen molar-refractivity contribution in [1.29, 1.82) is 0 Å². The van der Waals surface area contributed by atoms with Gasteiger partial charge in [0.1, 0.15) is 11.8 Å². The van der Waals surface area contributed by atoms with Crippen LogP contribution in [0.15, 0.2) is 60.7 Å². The van der Waals surface area contributed by atoms with Crippen molar-refractivity contribution in [2.75, 3.05) is 37.7 Å². The van der Waals surface area contributed by atoms with Crippen LogP contribution in [0, 0.1) is 0 Å². The topological polar surface area (TPSA) is 61.9 Å². The van der Waals surface area contributed by atoms with Gasteiger partial charge in [-0.25, -0.2) is 0 Å². The zero-order valence-corrected chi connectivity index (χ0v) is 16.2. The molecular weight excluding hydrogens is 354 g/mol. The quantitative estimate of drug-likeness (QED) is 0.800. The Morgan fingerprint density at radius 2 is 1.57 bits per heavy atom. The summed E-state index contributed by atoms with van der Waals surface area (Å²) in [4.78, 5) is 28.8. The lowest BCUT2D eigenvalue weighted by atomic mass is 10.2. The van der Waals surface area contributed by atoms with Gasteiger partial charge in [-0.15, -0.1) is 0 Å². The fraction of sp³-hybridized carbons (Fsp3) is 0.364. The fourth-order valence-electron chi connectivity index (χ4n) is 3.25. The molecule has 2 aromatic carbocycles. The Kier molecular flexibility index (Phi) is 6.89. The largest absolute Gasteiger partial charge is 0.493 e. The molecule has 1 aliphatic heterocycles. The van der Waals surface area contributed by atoms with Gasteiger partial charge >= 0.3 is 0 Å².